The Morgan fingerprint density at radius 2 is 1.62 bits per heavy atom. The first kappa shape index (κ1) is 20.5. The van der Waals surface area contributed by atoms with Gasteiger partial charge in [-0.05, 0) is 30.2 Å². The number of nitrogens with one attached hydrogen (secondary N) is 2. The van der Waals surface area contributed by atoms with Crippen LogP contribution < -0.4 is 20.1 Å². The number of nitrogens with zero attached hydrogens (tertiary/aromatic N) is 2. The molecule has 1 aromatic heterocycles. The van der Waals surface area contributed by atoms with Gasteiger partial charge in [0.2, 0.25) is 5.95 Å². The van der Waals surface area contributed by atoms with Crippen molar-refractivity contribution in [3.63, 3.8) is 0 Å². The number of methoxy groups -OCH3 is 1. The zero-order valence-corrected chi connectivity index (χ0v) is 17.2. The fourth-order valence-corrected chi connectivity index (χ4v) is 2.69. The molecule has 29 heavy (non-hydrogen) atoms. The second-order valence-electron chi connectivity index (χ2n) is 7.05. The quantitative estimate of drug-likeness (QED) is 0.487. The molecule has 0 saturated heterocycles. The molecule has 0 radical (unpaired) electrons. The molecule has 0 bridgehead atoms. The van der Waals surface area contributed by atoms with E-state index in [2.05, 4.69) is 34.4 Å². The first-order chi connectivity index (χ1) is 14.1. The molecular formula is C23H28N4O2. The van der Waals surface area contributed by atoms with Crippen molar-refractivity contribution >= 4 is 11.8 Å². The molecule has 0 saturated carbocycles. The van der Waals surface area contributed by atoms with Crippen molar-refractivity contribution in [2.75, 3.05) is 37.4 Å². The second-order valence-corrected chi connectivity index (χ2v) is 7.05. The molecule has 2 aromatic carbocycles. The molecule has 0 spiro atoms. The first-order valence-electron chi connectivity index (χ1n) is 9.83. The molecule has 2 N–H and O–H groups in total. The van der Waals surface area contributed by atoms with Gasteiger partial charge in [-0.1, -0.05) is 44.2 Å². The minimum atomic E-state index is 0.500. The van der Waals surface area contributed by atoms with Gasteiger partial charge < -0.3 is 20.1 Å². The fourth-order valence-electron chi connectivity index (χ4n) is 2.69. The van der Waals surface area contributed by atoms with E-state index in [-0.39, 0.29) is 0 Å². The lowest BCUT2D eigenvalue weighted by atomic mass is 10.1. The molecular weight excluding hydrogens is 364 g/mol. The SMILES string of the molecule is COc1ccc(OCCNc2nc(NCC(C)C)cc(-c3ccccc3)n2)cc1. The van der Waals surface area contributed by atoms with Crippen LogP contribution >= 0.6 is 0 Å². The smallest absolute Gasteiger partial charge is 0.225 e. The van der Waals surface area contributed by atoms with Crippen molar-refractivity contribution in [1.82, 2.24) is 9.97 Å². The fraction of sp³-hybridized carbons (Fsp3) is 0.304. The standard InChI is InChI=1S/C23H28N4O2/c1-17(2)16-25-22-15-21(18-7-5-4-6-8-18)26-23(27-22)24-13-14-29-20-11-9-19(28-3)10-12-20/h4-12,15,17H,13-14,16H2,1-3H3,(H2,24,25,26,27). The molecule has 0 unspecified atom stereocenters. The van der Waals surface area contributed by atoms with Crippen molar-refractivity contribution in [2.24, 2.45) is 5.92 Å². The van der Waals surface area contributed by atoms with Gasteiger partial charge in [0.1, 0.15) is 23.9 Å². The number of anilines is 2. The first-order valence-corrected chi connectivity index (χ1v) is 9.83. The van der Waals surface area contributed by atoms with Crippen LogP contribution in [0.2, 0.25) is 0 Å². The van der Waals surface area contributed by atoms with Gasteiger partial charge in [0.15, 0.2) is 0 Å². The minimum Gasteiger partial charge on any atom is -0.497 e. The van der Waals surface area contributed by atoms with E-state index in [0.717, 1.165) is 35.1 Å². The van der Waals surface area contributed by atoms with Crippen LogP contribution in [0.1, 0.15) is 13.8 Å². The predicted octanol–water partition coefficient (Wildman–Crippen LogP) is 4.71. The molecule has 0 aliphatic carbocycles. The van der Waals surface area contributed by atoms with Gasteiger partial charge in [-0.25, -0.2) is 4.98 Å². The maximum atomic E-state index is 5.76. The van der Waals surface area contributed by atoms with E-state index < -0.39 is 0 Å². The average Bonchev–Trinajstić information content (AvgIpc) is 2.76. The highest BCUT2D eigenvalue weighted by molar-refractivity contribution is 5.64. The summed E-state index contributed by atoms with van der Waals surface area (Å²) in [4.78, 5) is 9.26. The zero-order chi connectivity index (χ0) is 20.5. The summed E-state index contributed by atoms with van der Waals surface area (Å²) < 4.78 is 10.9. The van der Waals surface area contributed by atoms with Crippen molar-refractivity contribution in [1.29, 1.82) is 0 Å². The Morgan fingerprint density at radius 1 is 0.897 bits per heavy atom. The lowest BCUT2D eigenvalue weighted by molar-refractivity contribution is 0.331. The highest BCUT2D eigenvalue weighted by atomic mass is 16.5. The Bertz CT molecular complexity index is 883. The summed E-state index contributed by atoms with van der Waals surface area (Å²) in [7, 11) is 1.65. The third-order valence-electron chi connectivity index (χ3n) is 4.20. The summed E-state index contributed by atoms with van der Waals surface area (Å²) in [5.74, 6) is 3.52. The summed E-state index contributed by atoms with van der Waals surface area (Å²) in [5, 5.41) is 6.65. The lowest BCUT2D eigenvalue weighted by Gasteiger charge is -2.13. The minimum absolute atomic E-state index is 0.500. The van der Waals surface area contributed by atoms with Crippen molar-refractivity contribution in [2.45, 2.75) is 13.8 Å². The van der Waals surface area contributed by atoms with Gasteiger partial charge in [-0.15, -0.1) is 0 Å². The zero-order valence-electron chi connectivity index (χ0n) is 17.2. The summed E-state index contributed by atoms with van der Waals surface area (Å²) in [6.07, 6.45) is 0. The molecule has 3 rings (SSSR count). The number of benzene rings is 2. The van der Waals surface area contributed by atoms with Crippen molar-refractivity contribution in [3.05, 3.63) is 60.7 Å². The Balaban J connectivity index is 1.64. The molecule has 152 valence electrons. The molecule has 0 fully saturated rings. The molecule has 0 aliphatic rings. The van der Waals surface area contributed by atoms with Crippen molar-refractivity contribution < 1.29 is 9.47 Å². The third kappa shape index (κ3) is 6.38. The Kier molecular flexibility index (Phi) is 7.28. The van der Waals surface area contributed by atoms with Gasteiger partial charge in [-0.2, -0.15) is 4.98 Å². The van der Waals surface area contributed by atoms with Gasteiger partial charge >= 0.3 is 0 Å². The molecule has 3 aromatic rings. The molecule has 6 nitrogen and oxygen atoms in total. The van der Waals surface area contributed by atoms with E-state index in [9.17, 15) is 0 Å². The highest BCUT2D eigenvalue weighted by Gasteiger charge is 2.07. The Morgan fingerprint density at radius 3 is 2.31 bits per heavy atom. The average molecular weight is 393 g/mol. The van der Waals surface area contributed by atoms with Gasteiger partial charge in [0, 0.05) is 18.2 Å². The molecule has 6 heteroatoms. The van der Waals surface area contributed by atoms with E-state index in [1.54, 1.807) is 7.11 Å². The second kappa shape index (κ2) is 10.3. The maximum absolute atomic E-state index is 5.76. The maximum Gasteiger partial charge on any atom is 0.225 e. The summed E-state index contributed by atoms with van der Waals surface area (Å²) >= 11 is 0. The highest BCUT2D eigenvalue weighted by Crippen LogP contribution is 2.21. The van der Waals surface area contributed by atoms with E-state index in [0.29, 0.717) is 25.0 Å². The molecule has 0 atom stereocenters. The van der Waals surface area contributed by atoms with Gasteiger partial charge in [-0.3, -0.25) is 0 Å². The van der Waals surface area contributed by atoms with E-state index in [1.807, 2.05) is 60.7 Å². The molecule has 1 heterocycles. The number of aromatic nitrogens is 2. The van der Waals surface area contributed by atoms with Crippen LogP contribution in [0.3, 0.4) is 0 Å². The number of hydrogen-bond donors (Lipinski definition) is 2. The Hall–Kier alpha value is -3.28. The summed E-state index contributed by atoms with van der Waals surface area (Å²) in [6.45, 7) is 6.28. The van der Waals surface area contributed by atoms with E-state index in [4.69, 9.17) is 9.47 Å². The molecule has 0 amide bonds. The predicted molar refractivity (Wildman–Crippen MR) is 118 cm³/mol. The van der Waals surface area contributed by atoms with Gasteiger partial charge in [0.05, 0.1) is 19.3 Å². The van der Waals surface area contributed by atoms with Crippen LogP contribution in [-0.2, 0) is 0 Å². The monoisotopic (exact) mass is 392 g/mol. The summed E-state index contributed by atoms with van der Waals surface area (Å²) in [6, 6.07) is 19.6. The van der Waals surface area contributed by atoms with Crippen LogP contribution in [0.15, 0.2) is 60.7 Å². The third-order valence-corrected chi connectivity index (χ3v) is 4.20. The van der Waals surface area contributed by atoms with E-state index in [1.165, 1.54) is 0 Å². The topological polar surface area (TPSA) is 68.3 Å². The normalized spacial score (nSPS) is 10.6. The number of rotatable bonds is 10. The Labute approximate surface area is 172 Å². The van der Waals surface area contributed by atoms with E-state index >= 15 is 0 Å². The van der Waals surface area contributed by atoms with Gasteiger partial charge in [0.25, 0.3) is 0 Å². The number of ether oxygens (including phenoxy) is 2. The lowest BCUT2D eigenvalue weighted by Crippen LogP contribution is -2.15. The van der Waals surface area contributed by atoms with Crippen LogP contribution in [0.5, 0.6) is 11.5 Å². The van der Waals surface area contributed by atoms with Crippen LogP contribution in [0.25, 0.3) is 11.3 Å². The summed E-state index contributed by atoms with van der Waals surface area (Å²) in [5.41, 5.74) is 1.94. The van der Waals surface area contributed by atoms with Crippen LogP contribution in [0, 0.1) is 5.92 Å². The number of hydrogen-bond acceptors (Lipinski definition) is 6. The van der Waals surface area contributed by atoms with Crippen LogP contribution in [-0.4, -0.2) is 36.8 Å². The molecule has 0 aliphatic heterocycles. The van der Waals surface area contributed by atoms with Crippen molar-refractivity contribution in [3.8, 4) is 22.8 Å². The van der Waals surface area contributed by atoms with Crippen LogP contribution in [0.4, 0.5) is 11.8 Å². The largest absolute Gasteiger partial charge is 0.497 e.